The summed E-state index contributed by atoms with van der Waals surface area (Å²) in [5.74, 6) is 0. The molecule has 0 saturated heterocycles. The van der Waals surface area contributed by atoms with Gasteiger partial charge in [0.05, 0.1) is 0 Å². The number of rotatable bonds is 4. The zero-order valence-corrected chi connectivity index (χ0v) is 11.6. The minimum atomic E-state index is -0.459. The van der Waals surface area contributed by atoms with E-state index in [-0.39, 0.29) is 24.2 Å². The number of amides is 1. The molecule has 1 aliphatic carbocycles. The summed E-state index contributed by atoms with van der Waals surface area (Å²) in [4.78, 5) is 13.5. The van der Waals surface area contributed by atoms with E-state index in [0.29, 0.717) is 0 Å². The van der Waals surface area contributed by atoms with Gasteiger partial charge in [0, 0.05) is 19.7 Å². The van der Waals surface area contributed by atoms with Crippen LogP contribution in [0.1, 0.15) is 47.0 Å². The summed E-state index contributed by atoms with van der Waals surface area (Å²) in [6, 6.07) is 0.0968. The van der Waals surface area contributed by atoms with Crippen molar-refractivity contribution in [1.29, 1.82) is 0 Å². The highest BCUT2D eigenvalue weighted by Gasteiger charge is 2.43. The van der Waals surface area contributed by atoms with E-state index in [4.69, 9.17) is 4.74 Å². The van der Waals surface area contributed by atoms with Gasteiger partial charge < -0.3 is 14.7 Å². The minimum Gasteiger partial charge on any atom is -0.444 e. The summed E-state index contributed by atoms with van der Waals surface area (Å²) in [6.07, 6.45) is 2.68. The van der Waals surface area contributed by atoms with Gasteiger partial charge in [-0.25, -0.2) is 4.79 Å². The van der Waals surface area contributed by atoms with Crippen LogP contribution in [0.5, 0.6) is 0 Å². The molecule has 1 fully saturated rings. The van der Waals surface area contributed by atoms with Crippen LogP contribution in [0.4, 0.5) is 4.79 Å². The molecule has 0 spiro atoms. The van der Waals surface area contributed by atoms with Crippen molar-refractivity contribution < 1.29 is 14.6 Å². The van der Waals surface area contributed by atoms with Crippen LogP contribution in [-0.2, 0) is 4.74 Å². The Hall–Kier alpha value is -0.770. The molecule has 1 aliphatic rings. The number of hydrogen-bond acceptors (Lipinski definition) is 3. The fourth-order valence-corrected chi connectivity index (χ4v) is 1.88. The Morgan fingerprint density at radius 1 is 1.47 bits per heavy atom. The fraction of sp³-hybridized carbons (Fsp3) is 0.923. The molecular weight excluding hydrogens is 218 g/mol. The average molecular weight is 243 g/mol. The average Bonchev–Trinajstić information content (AvgIpc) is 2.94. The zero-order valence-electron chi connectivity index (χ0n) is 11.6. The Morgan fingerprint density at radius 3 is 2.35 bits per heavy atom. The molecule has 0 aromatic heterocycles. The van der Waals surface area contributed by atoms with Crippen molar-refractivity contribution in [1.82, 2.24) is 4.90 Å². The van der Waals surface area contributed by atoms with Gasteiger partial charge in [0.1, 0.15) is 5.60 Å². The van der Waals surface area contributed by atoms with E-state index in [1.54, 1.807) is 11.9 Å². The molecule has 17 heavy (non-hydrogen) atoms. The third-order valence-corrected chi connectivity index (χ3v) is 3.36. The molecule has 1 unspecified atom stereocenters. The van der Waals surface area contributed by atoms with Gasteiger partial charge in [-0.1, -0.05) is 0 Å². The predicted octanol–water partition coefficient (Wildman–Crippen LogP) is 2.40. The van der Waals surface area contributed by atoms with Crippen molar-refractivity contribution in [2.75, 3.05) is 13.7 Å². The summed E-state index contributed by atoms with van der Waals surface area (Å²) >= 11 is 0. The second-order valence-corrected chi connectivity index (χ2v) is 6.30. The van der Waals surface area contributed by atoms with Crippen LogP contribution < -0.4 is 0 Å². The lowest BCUT2D eigenvalue weighted by molar-refractivity contribution is 0.0201. The lowest BCUT2D eigenvalue weighted by Gasteiger charge is -2.30. The number of carbonyl (C=O) groups excluding carboxylic acids is 1. The lowest BCUT2D eigenvalue weighted by atomic mass is 9.98. The minimum absolute atomic E-state index is 0.0652. The van der Waals surface area contributed by atoms with E-state index in [1.807, 2.05) is 27.7 Å². The molecule has 0 heterocycles. The van der Waals surface area contributed by atoms with Crippen molar-refractivity contribution in [3.05, 3.63) is 0 Å². The van der Waals surface area contributed by atoms with Crippen LogP contribution in [0.2, 0.25) is 0 Å². The van der Waals surface area contributed by atoms with Gasteiger partial charge in [0.25, 0.3) is 0 Å². The highest BCUT2D eigenvalue weighted by atomic mass is 16.6. The lowest BCUT2D eigenvalue weighted by Crippen LogP contribution is -2.40. The molecule has 1 N–H and O–H groups in total. The molecule has 100 valence electrons. The Kier molecular flexibility index (Phi) is 4.07. The first kappa shape index (κ1) is 14.3. The zero-order chi connectivity index (χ0) is 13.3. The van der Waals surface area contributed by atoms with Crippen LogP contribution in [-0.4, -0.2) is 41.4 Å². The van der Waals surface area contributed by atoms with E-state index < -0.39 is 5.60 Å². The maximum atomic E-state index is 11.8. The molecule has 0 bridgehead atoms. The number of aliphatic hydroxyl groups is 1. The van der Waals surface area contributed by atoms with Gasteiger partial charge in [-0.05, 0) is 52.4 Å². The highest BCUT2D eigenvalue weighted by Crippen LogP contribution is 2.49. The third kappa shape index (κ3) is 4.19. The summed E-state index contributed by atoms with van der Waals surface area (Å²) < 4.78 is 5.31. The van der Waals surface area contributed by atoms with E-state index in [9.17, 15) is 9.90 Å². The van der Waals surface area contributed by atoms with Crippen LogP contribution in [0, 0.1) is 5.41 Å². The first-order valence-corrected chi connectivity index (χ1v) is 6.26. The number of hydrogen-bond donors (Lipinski definition) is 1. The maximum Gasteiger partial charge on any atom is 0.410 e. The molecule has 1 amide bonds. The fourth-order valence-electron chi connectivity index (χ4n) is 1.88. The van der Waals surface area contributed by atoms with Crippen molar-refractivity contribution in [3.8, 4) is 0 Å². The second kappa shape index (κ2) is 4.84. The largest absolute Gasteiger partial charge is 0.444 e. The molecular formula is C13H25NO3. The topological polar surface area (TPSA) is 49.8 Å². The van der Waals surface area contributed by atoms with Gasteiger partial charge in [0.15, 0.2) is 0 Å². The third-order valence-electron chi connectivity index (χ3n) is 3.36. The normalized spacial score (nSPS) is 19.6. The van der Waals surface area contributed by atoms with Gasteiger partial charge in [-0.15, -0.1) is 0 Å². The van der Waals surface area contributed by atoms with Crippen molar-refractivity contribution >= 4 is 6.09 Å². The first-order valence-electron chi connectivity index (χ1n) is 6.26. The Bertz CT molecular complexity index is 279. The summed E-state index contributed by atoms with van der Waals surface area (Å²) in [6.45, 7) is 7.80. The van der Waals surface area contributed by atoms with Gasteiger partial charge >= 0.3 is 6.09 Å². The molecule has 4 heteroatoms. The molecule has 4 nitrogen and oxygen atoms in total. The van der Waals surface area contributed by atoms with E-state index in [2.05, 4.69) is 0 Å². The number of nitrogens with zero attached hydrogens (tertiary/aromatic N) is 1. The summed E-state index contributed by atoms with van der Waals surface area (Å²) in [5, 5.41) is 9.28. The maximum absolute atomic E-state index is 11.8. The molecule has 1 atom stereocenters. The standard InChI is InChI=1S/C13H25NO3/c1-10(8-13(9-15)6-7-13)14(5)11(16)17-12(2,3)4/h10,15H,6-9H2,1-5H3. The highest BCUT2D eigenvalue weighted by molar-refractivity contribution is 5.68. The molecule has 0 aromatic rings. The van der Waals surface area contributed by atoms with Crippen LogP contribution in [0.15, 0.2) is 0 Å². The van der Waals surface area contributed by atoms with E-state index >= 15 is 0 Å². The number of ether oxygens (including phenoxy) is 1. The first-order chi connectivity index (χ1) is 7.69. The molecule has 0 aromatic carbocycles. The Labute approximate surface area is 104 Å². The smallest absolute Gasteiger partial charge is 0.410 e. The molecule has 1 saturated carbocycles. The molecule has 1 rings (SSSR count). The van der Waals surface area contributed by atoms with Crippen LogP contribution in [0.3, 0.4) is 0 Å². The SMILES string of the molecule is CC(CC1(CO)CC1)N(C)C(=O)OC(C)(C)C. The van der Waals surface area contributed by atoms with Crippen LogP contribution in [0.25, 0.3) is 0 Å². The van der Waals surface area contributed by atoms with Crippen molar-refractivity contribution in [3.63, 3.8) is 0 Å². The predicted molar refractivity (Wildman–Crippen MR) is 66.8 cm³/mol. The van der Waals surface area contributed by atoms with E-state index in [1.165, 1.54) is 0 Å². The summed E-state index contributed by atoms with van der Waals surface area (Å²) in [7, 11) is 1.76. The van der Waals surface area contributed by atoms with Crippen LogP contribution >= 0.6 is 0 Å². The number of aliphatic hydroxyl groups excluding tert-OH is 1. The quantitative estimate of drug-likeness (QED) is 0.825. The Morgan fingerprint density at radius 2 is 2.00 bits per heavy atom. The van der Waals surface area contributed by atoms with Gasteiger partial charge in [-0.2, -0.15) is 0 Å². The van der Waals surface area contributed by atoms with Gasteiger partial charge in [0.2, 0.25) is 0 Å². The Balaban J connectivity index is 2.46. The second-order valence-electron chi connectivity index (χ2n) is 6.30. The van der Waals surface area contributed by atoms with Crippen molar-refractivity contribution in [2.24, 2.45) is 5.41 Å². The van der Waals surface area contributed by atoms with E-state index in [0.717, 1.165) is 19.3 Å². The monoisotopic (exact) mass is 243 g/mol. The molecule has 0 aliphatic heterocycles. The van der Waals surface area contributed by atoms with Crippen molar-refractivity contribution in [2.45, 2.75) is 58.6 Å². The van der Waals surface area contributed by atoms with Gasteiger partial charge in [-0.3, -0.25) is 0 Å². The number of carbonyl (C=O) groups is 1. The summed E-state index contributed by atoms with van der Waals surface area (Å²) in [5.41, 5.74) is -0.394. The molecule has 0 radical (unpaired) electrons.